The molecule has 1 N–H and O–H groups in total. The lowest BCUT2D eigenvalue weighted by molar-refractivity contribution is 0.0508. The summed E-state index contributed by atoms with van der Waals surface area (Å²) in [4.78, 5) is 39.8. The van der Waals surface area contributed by atoms with E-state index < -0.39 is 23.2 Å². The van der Waals surface area contributed by atoms with Gasteiger partial charge in [0.25, 0.3) is 11.5 Å². The van der Waals surface area contributed by atoms with Gasteiger partial charge >= 0.3 is 6.09 Å². The fraction of sp³-hybridized carbons (Fsp3) is 0.286. The number of imide groups is 1. The van der Waals surface area contributed by atoms with Gasteiger partial charge in [-0.05, 0) is 32.9 Å². The quantitative estimate of drug-likeness (QED) is 0.867. The Labute approximate surface area is 130 Å². The van der Waals surface area contributed by atoms with Gasteiger partial charge in [-0.25, -0.2) is 9.78 Å². The zero-order valence-electron chi connectivity index (χ0n) is 12.2. The van der Waals surface area contributed by atoms with Crippen molar-refractivity contribution in [1.29, 1.82) is 0 Å². The molecule has 0 radical (unpaired) electrons. The molecule has 0 unspecified atom stereocenters. The molecule has 0 saturated heterocycles. The first kappa shape index (κ1) is 16.0. The molecular weight excluding hydrogens is 310 g/mol. The van der Waals surface area contributed by atoms with E-state index in [4.69, 9.17) is 16.3 Å². The van der Waals surface area contributed by atoms with Crippen molar-refractivity contribution in [2.45, 2.75) is 26.4 Å². The van der Waals surface area contributed by atoms with Gasteiger partial charge < -0.3 is 4.74 Å². The van der Waals surface area contributed by atoms with Crippen molar-refractivity contribution in [3.05, 3.63) is 45.5 Å². The van der Waals surface area contributed by atoms with Crippen LogP contribution in [0.5, 0.6) is 0 Å². The third-order valence-corrected chi connectivity index (χ3v) is 2.75. The minimum absolute atomic E-state index is 0.286. The van der Waals surface area contributed by atoms with E-state index in [1.54, 1.807) is 32.9 Å². The maximum Gasteiger partial charge on any atom is 0.414 e. The van der Waals surface area contributed by atoms with Crippen LogP contribution in [0.4, 0.5) is 4.79 Å². The standard InChI is InChI=1S/C14H14ClN3O4/c1-14(2,3)22-13(21)17-11(19)9-6-16-10-5-4-8(15)7-18(10)12(9)20/h4-7H,1-3H3,(H,17,19,21). The predicted octanol–water partition coefficient (Wildman–Crippen LogP) is 2.01. The lowest BCUT2D eigenvalue weighted by Crippen LogP contribution is -2.39. The molecule has 0 spiro atoms. The van der Waals surface area contributed by atoms with Crippen LogP contribution in [0.2, 0.25) is 5.02 Å². The van der Waals surface area contributed by atoms with E-state index in [2.05, 4.69) is 4.98 Å². The number of nitrogens with zero attached hydrogens (tertiary/aromatic N) is 2. The highest BCUT2D eigenvalue weighted by molar-refractivity contribution is 6.30. The van der Waals surface area contributed by atoms with Gasteiger partial charge in [-0.3, -0.25) is 19.3 Å². The number of amides is 2. The summed E-state index contributed by atoms with van der Waals surface area (Å²) in [5.74, 6) is -0.888. The highest BCUT2D eigenvalue weighted by atomic mass is 35.5. The lowest BCUT2D eigenvalue weighted by Gasteiger charge is -2.19. The molecular formula is C14H14ClN3O4. The first-order chi connectivity index (χ1) is 10.2. The summed E-state index contributed by atoms with van der Waals surface area (Å²) in [6, 6.07) is 3.11. The van der Waals surface area contributed by atoms with Crippen LogP contribution in [-0.2, 0) is 4.74 Å². The number of alkyl carbamates (subject to hydrolysis) is 1. The zero-order chi connectivity index (χ0) is 16.5. The van der Waals surface area contributed by atoms with E-state index in [1.807, 2.05) is 5.32 Å². The normalized spacial score (nSPS) is 11.3. The molecule has 0 atom stereocenters. The Morgan fingerprint density at radius 2 is 2.00 bits per heavy atom. The molecule has 0 aromatic carbocycles. The molecule has 0 aliphatic heterocycles. The second-order valence-electron chi connectivity index (χ2n) is 5.51. The highest BCUT2D eigenvalue weighted by Gasteiger charge is 2.21. The van der Waals surface area contributed by atoms with Crippen LogP contribution < -0.4 is 10.9 Å². The van der Waals surface area contributed by atoms with Crippen LogP contribution in [-0.4, -0.2) is 27.0 Å². The van der Waals surface area contributed by atoms with Gasteiger partial charge in [0.15, 0.2) is 0 Å². The van der Waals surface area contributed by atoms with Crippen LogP contribution in [0.25, 0.3) is 5.65 Å². The highest BCUT2D eigenvalue weighted by Crippen LogP contribution is 2.09. The second kappa shape index (κ2) is 5.76. The molecule has 2 rings (SSSR count). The van der Waals surface area contributed by atoms with Gasteiger partial charge in [0.2, 0.25) is 0 Å². The fourth-order valence-corrected chi connectivity index (χ4v) is 1.83. The number of fused-ring (bicyclic) bond motifs is 1. The molecule has 0 fully saturated rings. The molecule has 8 heteroatoms. The Morgan fingerprint density at radius 1 is 1.32 bits per heavy atom. The number of carbonyl (C=O) groups excluding carboxylic acids is 2. The Morgan fingerprint density at radius 3 is 2.64 bits per heavy atom. The summed E-state index contributed by atoms with van der Waals surface area (Å²) in [6.07, 6.45) is 1.51. The Kier molecular flexibility index (Phi) is 4.18. The van der Waals surface area contributed by atoms with Gasteiger partial charge in [0.05, 0.1) is 5.02 Å². The number of halogens is 1. The summed E-state index contributed by atoms with van der Waals surface area (Å²) in [5.41, 5.74) is -1.34. The largest absolute Gasteiger partial charge is 0.444 e. The Hall–Kier alpha value is -2.41. The number of ether oxygens (including phenoxy) is 1. The average Bonchev–Trinajstić information content (AvgIpc) is 2.37. The molecule has 0 aliphatic carbocycles. The fourth-order valence-electron chi connectivity index (χ4n) is 1.67. The number of nitrogens with one attached hydrogen (secondary N) is 1. The van der Waals surface area contributed by atoms with Crippen molar-refractivity contribution in [2.24, 2.45) is 0 Å². The second-order valence-corrected chi connectivity index (χ2v) is 5.94. The van der Waals surface area contributed by atoms with Crippen LogP contribution in [0.15, 0.2) is 29.3 Å². The zero-order valence-corrected chi connectivity index (χ0v) is 13.0. The van der Waals surface area contributed by atoms with Crippen molar-refractivity contribution in [1.82, 2.24) is 14.7 Å². The van der Waals surface area contributed by atoms with Gasteiger partial charge in [-0.2, -0.15) is 0 Å². The van der Waals surface area contributed by atoms with E-state index >= 15 is 0 Å². The number of carbonyl (C=O) groups is 2. The maximum atomic E-state index is 12.2. The molecule has 0 bridgehead atoms. The molecule has 0 saturated carbocycles. The molecule has 2 heterocycles. The molecule has 2 amide bonds. The van der Waals surface area contributed by atoms with Gasteiger partial charge in [0.1, 0.15) is 16.8 Å². The number of rotatable bonds is 1. The number of aromatic nitrogens is 2. The van der Waals surface area contributed by atoms with Crippen LogP contribution in [0.3, 0.4) is 0 Å². The number of pyridine rings is 1. The van der Waals surface area contributed by atoms with Crippen molar-refractivity contribution in [3.8, 4) is 0 Å². The van der Waals surface area contributed by atoms with E-state index in [9.17, 15) is 14.4 Å². The summed E-state index contributed by atoms with van der Waals surface area (Å²) in [7, 11) is 0. The van der Waals surface area contributed by atoms with Gasteiger partial charge in [-0.1, -0.05) is 11.6 Å². The van der Waals surface area contributed by atoms with Gasteiger partial charge in [-0.15, -0.1) is 0 Å². The molecule has 2 aromatic heterocycles. The Balaban J connectivity index is 2.31. The van der Waals surface area contributed by atoms with Crippen molar-refractivity contribution in [3.63, 3.8) is 0 Å². The first-order valence-electron chi connectivity index (χ1n) is 6.38. The summed E-state index contributed by atoms with van der Waals surface area (Å²) in [6.45, 7) is 4.97. The molecule has 0 aliphatic rings. The lowest BCUT2D eigenvalue weighted by atomic mass is 10.2. The van der Waals surface area contributed by atoms with Crippen molar-refractivity contribution < 1.29 is 14.3 Å². The average molecular weight is 324 g/mol. The molecule has 7 nitrogen and oxygen atoms in total. The third kappa shape index (κ3) is 3.62. The van der Waals surface area contributed by atoms with Crippen LogP contribution in [0, 0.1) is 0 Å². The summed E-state index contributed by atoms with van der Waals surface area (Å²) < 4.78 is 6.09. The maximum absolute atomic E-state index is 12.2. The van der Waals surface area contributed by atoms with Crippen molar-refractivity contribution in [2.75, 3.05) is 0 Å². The van der Waals surface area contributed by atoms with Crippen LogP contribution >= 0.6 is 11.6 Å². The summed E-state index contributed by atoms with van der Waals surface area (Å²) >= 11 is 5.82. The van der Waals surface area contributed by atoms with E-state index in [0.29, 0.717) is 10.7 Å². The molecule has 116 valence electrons. The molecule has 22 heavy (non-hydrogen) atoms. The van der Waals surface area contributed by atoms with Gasteiger partial charge in [0, 0.05) is 12.4 Å². The van der Waals surface area contributed by atoms with E-state index in [-0.39, 0.29) is 5.56 Å². The first-order valence-corrected chi connectivity index (χ1v) is 6.76. The monoisotopic (exact) mass is 323 g/mol. The topological polar surface area (TPSA) is 89.8 Å². The number of hydrogen-bond donors (Lipinski definition) is 1. The SMILES string of the molecule is CC(C)(C)OC(=O)NC(=O)c1cnc2ccc(Cl)cn2c1=O. The smallest absolute Gasteiger partial charge is 0.414 e. The third-order valence-electron chi connectivity index (χ3n) is 2.53. The van der Waals surface area contributed by atoms with Crippen molar-refractivity contribution >= 4 is 29.2 Å². The van der Waals surface area contributed by atoms with Crippen LogP contribution in [0.1, 0.15) is 31.1 Å². The minimum Gasteiger partial charge on any atom is -0.444 e. The predicted molar refractivity (Wildman–Crippen MR) is 80.2 cm³/mol. The number of hydrogen-bond acceptors (Lipinski definition) is 5. The van der Waals surface area contributed by atoms with E-state index in [1.165, 1.54) is 6.20 Å². The molecule has 2 aromatic rings. The van der Waals surface area contributed by atoms with E-state index in [0.717, 1.165) is 10.6 Å². The Bertz CT molecular complexity index is 808. The minimum atomic E-state index is -0.937. The summed E-state index contributed by atoms with van der Waals surface area (Å²) in [5, 5.41) is 2.31.